The Morgan fingerprint density at radius 3 is 2.37 bits per heavy atom. The highest BCUT2D eigenvalue weighted by atomic mass is 16.4. The van der Waals surface area contributed by atoms with Crippen LogP contribution in [0.15, 0.2) is 71.3 Å². The molecule has 0 bridgehead atoms. The van der Waals surface area contributed by atoms with Crippen molar-refractivity contribution < 1.29 is 14.7 Å². The van der Waals surface area contributed by atoms with E-state index in [0.29, 0.717) is 11.3 Å². The van der Waals surface area contributed by atoms with Crippen molar-refractivity contribution in [3.05, 3.63) is 88.8 Å². The molecular formula is C24H20N3O3-. The fraction of sp³-hybridized carbons (Fsp3) is 0.125. The Kier molecular flexibility index (Phi) is 4.83. The predicted molar refractivity (Wildman–Crippen MR) is 115 cm³/mol. The lowest BCUT2D eigenvalue weighted by Crippen LogP contribution is -2.22. The van der Waals surface area contributed by atoms with E-state index in [2.05, 4.69) is 5.10 Å². The van der Waals surface area contributed by atoms with E-state index < -0.39 is 5.97 Å². The number of aryl methyl sites for hydroxylation is 1. The number of nitrogens with zero attached hydrogens (tertiary/aromatic N) is 3. The van der Waals surface area contributed by atoms with Gasteiger partial charge in [0.2, 0.25) is 0 Å². The number of hydrogen-bond acceptors (Lipinski definition) is 4. The van der Waals surface area contributed by atoms with Crippen LogP contribution in [0.4, 0.5) is 5.69 Å². The zero-order valence-electron chi connectivity index (χ0n) is 16.9. The summed E-state index contributed by atoms with van der Waals surface area (Å²) in [6, 6.07) is 17.9. The molecule has 0 radical (unpaired) electrons. The maximum Gasteiger partial charge on any atom is 0.280 e. The number of carboxylic acids is 1. The molecule has 6 heteroatoms. The summed E-state index contributed by atoms with van der Waals surface area (Å²) in [5.41, 5.74) is 5.44. The van der Waals surface area contributed by atoms with E-state index in [9.17, 15) is 14.7 Å². The van der Waals surface area contributed by atoms with Gasteiger partial charge in [0.25, 0.3) is 5.91 Å². The molecule has 0 aliphatic carbocycles. The van der Waals surface area contributed by atoms with Crippen LogP contribution in [0.5, 0.6) is 0 Å². The lowest BCUT2D eigenvalue weighted by atomic mass is 10.1. The third-order valence-corrected chi connectivity index (χ3v) is 5.17. The Morgan fingerprint density at radius 2 is 1.67 bits per heavy atom. The van der Waals surface area contributed by atoms with Gasteiger partial charge in [-0.15, -0.1) is 0 Å². The standard InChI is InChI=1S/C24H21N3O3/c1-15-12-19(17(3)26(15)21-11-7-8-18(13-21)24(29)30)14-22-16(2)25-27(23(22)28)20-9-5-4-6-10-20/h4-14H,1-3H3,(H,29,30)/p-1/b22-14+. The van der Waals surface area contributed by atoms with E-state index in [4.69, 9.17) is 0 Å². The average molecular weight is 398 g/mol. The molecule has 0 atom stereocenters. The molecule has 0 N–H and O–H groups in total. The van der Waals surface area contributed by atoms with Crippen molar-refractivity contribution in [2.24, 2.45) is 5.10 Å². The van der Waals surface area contributed by atoms with Crippen LogP contribution in [0.3, 0.4) is 0 Å². The molecule has 1 amide bonds. The highest BCUT2D eigenvalue weighted by Gasteiger charge is 2.29. The molecule has 0 spiro atoms. The molecule has 3 aromatic rings. The average Bonchev–Trinajstić information content (AvgIpc) is 3.18. The van der Waals surface area contributed by atoms with E-state index in [0.717, 1.165) is 28.3 Å². The van der Waals surface area contributed by atoms with Crippen molar-refractivity contribution in [1.29, 1.82) is 0 Å². The second-order valence-electron chi connectivity index (χ2n) is 7.20. The van der Waals surface area contributed by atoms with Gasteiger partial charge < -0.3 is 14.5 Å². The Balaban J connectivity index is 1.73. The molecule has 4 rings (SSSR count). The number of para-hydroxylation sites is 1. The van der Waals surface area contributed by atoms with Gasteiger partial charge in [0, 0.05) is 17.1 Å². The number of carboxylic acid groups (broad SMARTS) is 1. The van der Waals surface area contributed by atoms with E-state index >= 15 is 0 Å². The second kappa shape index (κ2) is 7.48. The third-order valence-electron chi connectivity index (χ3n) is 5.17. The summed E-state index contributed by atoms with van der Waals surface area (Å²) in [5.74, 6) is -1.39. The van der Waals surface area contributed by atoms with Crippen molar-refractivity contribution in [1.82, 2.24) is 4.57 Å². The summed E-state index contributed by atoms with van der Waals surface area (Å²) in [7, 11) is 0. The fourth-order valence-corrected chi connectivity index (χ4v) is 3.69. The maximum atomic E-state index is 13.0. The molecular weight excluding hydrogens is 378 g/mol. The molecule has 1 aromatic heterocycles. The normalized spacial score (nSPS) is 15.0. The molecule has 30 heavy (non-hydrogen) atoms. The number of anilines is 1. The van der Waals surface area contributed by atoms with Crippen molar-refractivity contribution in [2.75, 3.05) is 5.01 Å². The van der Waals surface area contributed by atoms with Crippen LogP contribution in [0.2, 0.25) is 0 Å². The van der Waals surface area contributed by atoms with Gasteiger partial charge in [-0.3, -0.25) is 4.79 Å². The van der Waals surface area contributed by atoms with Gasteiger partial charge in [0.1, 0.15) is 0 Å². The number of aromatic carboxylic acids is 1. The van der Waals surface area contributed by atoms with Gasteiger partial charge in [0.05, 0.1) is 22.9 Å². The van der Waals surface area contributed by atoms with Gasteiger partial charge in [0.15, 0.2) is 0 Å². The van der Waals surface area contributed by atoms with Crippen molar-refractivity contribution in [3.8, 4) is 5.69 Å². The van der Waals surface area contributed by atoms with Crippen LogP contribution in [0.1, 0.15) is 34.2 Å². The Morgan fingerprint density at radius 1 is 0.967 bits per heavy atom. The van der Waals surface area contributed by atoms with Gasteiger partial charge >= 0.3 is 0 Å². The Hall–Kier alpha value is -3.93. The first-order chi connectivity index (χ1) is 14.4. The van der Waals surface area contributed by atoms with Gasteiger partial charge in [-0.1, -0.05) is 30.3 Å². The summed E-state index contributed by atoms with van der Waals surface area (Å²) < 4.78 is 1.96. The fourth-order valence-electron chi connectivity index (χ4n) is 3.69. The quantitative estimate of drug-likeness (QED) is 0.633. The number of carbonyl (C=O) groups excluding carboxylic acids is 2. The number of hydrazone groups is 1. The first kappa shape index (κ1) is 19.4. The lowest BCUT2D eigenvalue weighted by molar-refractivity contribution is -0.255. The highest BCUT2D eigenvalue weighted by Crippen LogP contribution is 2.28. The topological polar surface area (TPSA) is 77.7 Å². The predicted octanol–water partition coefficient (Wildman–Crippen LogP) is 3.26. The molecule has 6 nitrogen and oxygen atoms in total. The molecule has 1 aliphatic rings. The zero-order chi connectivity index (χ0) is 21.4. The van der Waals surface area contributed by atoms with Crippen molar-refractivity contribution in [2.45, 2.75) is 20.8 Å². The van der Waals surface area contributed by atoms with Crippen LogP contribution in [0, 0.1) is 13.8 Å². The minimum atomic E-state index is -1.22. The second-order valence-corrected chi connectivity index (χ2v) is 7.20. The largest absolute Gasteiger partial charge is 0.545 e. The number of aromatic nitrogens is 1. The first-order valence-corrected chi connectivity index (χ1v) is 9.54. The number of amides is 1. The van der Waals surface area contributed by atoms with E-state index in [1.807, 2.05) is 73.9 Å². The smallest absolute Gasteiger partial charge is 0.280 e. The van der Waals surface area contributed by atoms with Crippen LogP contribution in [-0.2, 0) is 4.79 Å². The minimum Gasteiger partial charge on any atom is -0.545 e. The van der Waals surface area contributed by atoms with E-state index in [-0.39, 0.29) is 11.5 Å². The summed E-state index contributed by atoms with van der Waals surface area (Å²) >= 11 is 0. The number of benzene rings is 2. The van der Waals surface area contributed by atoms with Gasteiger partial charge in [-0.05, 0) is 68.3 Å². The highest BCUT2D eigenvalue weighted by molar-refractivity contribution is 6.32. The molecule has 2 heterocycles. The lowest BCUT2D eigenvalue weighted by Gasteiger charge is -2.12. The summed E-state index contributed by atoms with van der Waals surface area (Å²) in [6.07, 6.45) is 1.84. The summed E-state index contributed by atoms with van der Waals surface area (Å²) in [6.45, 7) is 5.69. The maximum absolute atomic E-state index is 13.0. The van der Waals surface area contributed by atoms with Crippen molar-refractivity contribution in [3.63, 3.8) is 0 Å². The summed E-state index contributed by atoms with van der Waals surface area (Å²) in [5, 5.41) is 17.0. The molecule has 2 aromatic carbocycles. The Bertz CT molecular complexity index is 1220. The molecule has 0 fully saturated rings. The Labute approximate surface area is 174 Å². The zero-order valence-corrected chi connectivity index (χ0v) is 16.9. The first-order valence-electron chi connectivity index (χ1n) is 9.54. The monoisotopic (exact) mass is 398 g/mol. The van der Waals surface area contributed by atoms with Crippen LogP contribution in [0.25, 0.3) is 11.8 Å². The SMILES string of the molecule is CC1=NN(c2ccccc2)C(=O)/C1=C/c1cc(C)n(-c2cccc(C(=O)[O-])c2)c1C. The van der Waals surface area contributed by atoms with Crippen LogP contribution < -0.4 is 10.1 Å². The van der Waals surface area contributed by atoms with E-state index in [1.165, 1.54) is 11.1 Å². The molecule has 1 aliphatic heterocycles. The van der Waals surface area contributed by atoms with Gasteiger partial charge in [-0.2, -0.15) is 10.1 Å². The summed E-state index contributed by atoms with van der Waals surface area (Å²) in [4.78, 5) is 24.2. The molecule has 150 valence electrons. The third kappa shape index (κ3) is 3.33. The van der Waals surface area contributed by atoms with Crippen LogP contribution in [-0.4, -0.2) is 22.2 Å². The number of carbonyl (C=O) groups is 2. The van der Waals surface area contributed by atoms with E-state index in [1.54, 1.807) is 12.1 Å². The van der Waals surface area contributed by atoms with Crippen LogP contribution >= 0.6 is 0 Å². The minimum absolute atomic E-state index is 0.118. The molecule has 0 saturated carbocycles. The number of rotatable bonds is 4. The molecule has 0 unspecified atom stereocenters. The number of hydrogen-bond donors (Lipinski definition) is 0. The molecule has 0 saturated heterocycles. The van der Waals surface area contributed by atoms with Gasteiger partial charge in [-0.25, -0.2) is 0 Å². The van der Waals surface area contributed by atoms with Crippen molar-refractivity contribution >= 4 is 29.4 Å².